The highest BCUT2D eigenvalue weighted by Crippen LogP contribution is 2.20. The molecule has 0 atom stereocenters. The molecule has 30 heavy (non-hydrogen) atoms. The number of nitrogens with zero attached hydrogens (tertiary/aromatic N) is 2. The van der Waals surface area contributed by atoms with Crippen LogP contribution in [-0.2, 0) is 11.4 Å². The smallest absolute Gasteiger partial charge is 0.258 e. The van der Waals surface area contributed by atoms with E-state index in [9.17, 15) is 9.59 Å². The van der Waals surface area contributed by atoms with Crippen molar-refractivity contribution in [2.45, 2.75) is 18.4 Å². The summed E-state index contributed by atoms with van der Waals surface area (Å²) in [5, 5.41) is 4.70. The van der Waals surface area contributed by atoms with Crippen LogP contribution in [0.3, 0.4) is 0 Å². The molecule has 1 N–H and O–H groups in total. The lowest BCUT2D eigenvalue weighted by Crippen LogP contribution is -2.14. The third-order valence-corrected chi connectivity index (χ3v) is 6.04. The van der Waals surface area contributed by atoms with Crippen LogP contribution in [0.15, 0.2) is 75.9 Å². The van der Waals surface area contributed by atoms with Crippen LogP contribution < -0.4 is 15.6 Å². The standard InChI is InChI=1S/C22H19N3O3S2/c1-15-2-8-19(9-3-15)30-14-20(26)23-16-4-6-18(7-5-16)28-13-17-12-21(27)25-10-11-29-22(25)24-17/h2-12H,13-14H2,1H3,(H,23,26). The van der Waals surface area contributed by atoms with Crippen LogP contribution >= 0.6 is 23.1 Å². The monoisotopic (exact) mass is 437 g/mol. The van der Waals surface area contributed by atoms with Gasteiger partial charge in [0.1, 0.15) is 12.4 Å². The van der Waals surface area contributed by atoms with Gasteiger partial charge in [0.15, 0.2) is 4.96 Å². The molecule has 2 aromatic carbocycles. The average molecular weight is 438 g/mol. The number of ether oxygens (including phenoxy) is 1. The minimum Gasteiger partial charge on any atom is -0.487 e. The van der Waals surface area contributed by atoms with Crippen molar-refractivity contribution in [1.29, 1.82) is 0 Å². The number of nitrogens with one attached hydrogen (secondary N) is 1. The van der Waals surface area contributed by atoms with Gasteiger partial charge in [-0.15, -0.1) is 23.1 Å². The van der Waals surface area contributed by atoms with E-state index in [1.54, 1.807) is 30.5 Å². The van der Waals surface area contributed by atoms with E-state index in [2.05, 4.69) is 10.3 Å². The van der Waals surface area contributed by atoms with E-state index in [1.807, 2.05) is 36.6 Å². The van der Waals surface area contributed by atoms with Gasteiger partial charge in [-0.05, 0) is 43.3 Å². The van der Waals surface area contributed by atoms with Crippen molar-refractivity contribution in [2.75, 3.05) is 11.1 Å². The molecule has 152 valence electrons. The number of thiazole rings is 1. The Morgan fingerprint density at radius 3 is 2.70 bits per heavy atom. The molecule has 0 aliphatic rings. The zero-order valence-corrected chi connectivity index (χ0v) is 17.8. The van der Waals surface area contributed by atoms with Crippen molar-refractivity contribution < 1.29 is 9.53 Å². The van der Waals surface area contributed by atoms with Crippen molar-refractivity contribution in [3.05, 3.63) is 87.8 Å². The van der Waals surface area contributed by atoms with Crippen LogP contribution in [0.25, 0.3) is 4.96 Å². The van der Waals surface area contributed by atoms with Gasteiger partial charge >= 0.3 is 0 Å². The predicted octanol–water partition coefficient (Wildman–Crippen LogP) is 4.37. The van der Waals surface area contributed by atoms with Gasteiger partial charge in [-0.3, -0.25) is 14.0 Å². The van der Waals surface area contributed by atoms with E-state index >= 15 is 0 Å². The summed E-state index contributed by atoms with van der Waals surface area (Å²) < 4.78 is 7.23. The fraction of sp³-hybridized carbons (Fsp3) is 0.136. The quantitative estimate of drug-likeness (QED) is 0.435. The number of thioether (sulfide) groups is 1. The molecular weight excluding hydrogens is 418 g/mol. The molecule has 6 nitrogen and oxygen atoms in total. The maximum absolute atomic E-state index is 12.2. The van der Waals surface area contributed by atoms with Crippen molar-refractivity contribution in [3.8, 4) is 5.75 Å². The van der Waals surface area contributed by atoms with E-state index in [0.29, 0.717) is 27.8 Å². The molecule has 4 aromatic rings. The van der Waals surface area contributed by atoms with E-state index in [1.165, 1.54) is 39.1 Å². The molecule has 0 aliphatic heterocycles. The van der Waals surface area contributed by atoms with Crippen molar-refractivity contribution in [2.24, 2.45) is 0 Å². The topological polar surface area (TPSA) is 72.7 Å². The van der Waals surface area contributed by atoms with Gasteiger partial charge in [-0.25, -0.2) is 4.98 Å². The Kier molecular flexibility index (Phi) is 6.15. The Morgan fingerprint density at radius 2 is 1.93 bits per heavy atom. The Hall–Kier alpha value is -3.10. The Labute approximate surface area is 181 Å². The highest BCUT2D eigenvalue weighted by atomic mass is 32.2. The van der Waals surface area contributed by atoms with Crippen LogP contribution in [0.1, 0.15) is 11.3 Å². The number of amides is 1. The van der Waals surface area contributed by atoms with Crippen LogP contribution in [0, 0.1) is 6.92 Å². The molecule has 0 unspecified atom stereocenters. The summed E-state index contributed by atoms with van der Waals surface area (Å²) >= 11 is 2.90. The molecule has 0 aliphatic carbocycles. The molecule has 0 bridgehead atoms. The number of hydrogen-bond donors (Lipinski definition) is 1. The van der Waals surface area contributed by atoms with Crippen LogP contribution in [-0.4, -0.2) is 21.0 Å². The average Bonchev–Trinajstić information content (AvgIpc) is 3.22. The Morgan fingerprint density at radius 1 is 1.17 bits per heavy atom. The van der Waals surface area contributed by atoms with Gasteiger partial charge in [0, 0.05) is 28.2 Å². The second-order valence-electron chi connectivity index (χ2n) is 6.60. The second kappa shape index (κ2) is 9.15. The molecule has 0 spiro atoms. The van der Waals surface area contributed by atoms with Gasteiger partial charge in [0.2, 0.25) is 5.91 Å². The van der Waals surface area contributed by atoms with Gasteiger partial charge in [-0.2, -0.15) is 0 Å². The zero-order chi connectivity index (χ0) is 20.9. The van der Waals surface area contributed by atoms with Crippen molar-refractivity contribution in [1.82, 2.24) is 9.38 Å². The maximum Gasteiger partial charge on any atom is 0.258 e. The minimum atomic E-state index is -0.124. The van der Waals surface area contributed by atoms with Gasteiger partial charge in [-0.1, -0.05) is 17.7 Å². The highest BCUT2D eigenvalue weighted by Gasteiger charge is 2.06. The second-order valence-corrected chi connectivity index (χ2v) is 8.53. The SMILES string of the molecule is Cc1ccc(SCC(=O)Nc2ccc(OCc3cc(=O)n4ccsc4n3)cc2)cc1. The van der Waals surface area contributed by atoms with E-state index in [4.69, 9.17) is 4.74 Å². The third kappa shape index (κ3) is 5.08. The van der Waals surface area contributed by atoms with E-state index in [0.717, 1.165) is 4.90 Å². The third-order valence-electron chi connectivity index (χ3n) is 4.27. The summed E-state index contributed by atoms with van der Waals surface area (Å²) in [6.45, 7) is 2.23. The van der Waals surface area contributed by atoms with Crippen LogP contribution in [0.4, 0.5) is 5.69 Å². The maximum atomic E-state index is 12.2. The lowest BCUT2D eigenvalue weighted by atomic mass is 10.2. The number of rotatable bonds is 7. The van der Waals surface area contributed by atoms with Crippen LogP contribution in [0.5, 0.6) is 5.75 Å². The molecule has 0 saturated carbocycles. The van der Waals surface area contributed by atoms with Gasteiger partial charge in [0.05, 0.1) is 11.4 Å². The fourth-order valence-corrected chi connectivity index (χ4v) is 4.17. The molecule has 2 aromatic heterocycles. The summed E-state index contributed by atoms with van der Waals surface area (Å²) in [4.78, 5) is 30.3. The molecule has 1 amide bonds. The minimum absolute atomic E-state index is 0.0665. The Balaban J connectivity index is 1.29. The fourth-order valence-electron chi connectivity index (χ4n) is 2.73. The molecule has 0 fully saturated rings. The first kappa shape index (κ1) is 20.2. The summed E-state index contributed by atoms with van der Waals surface area (Å²) in [6.07, 6.45) is 1.70. The first-order valence-electron chi connectivity index (χ1n) is 9.25. The number of anilines is 1. The van der Waals surface area contributed by atoms with Gasteiger partial charge in [0.25, 0.3) is 5.56 Å². The predicted molar refractivity (Wildman–Crippen MR) is 121 cm³/mol. The number of fused-ring (bicyclic) bond motifs is 1. The van der Waals surface area contributed by atoms with E-state index < -0.39 is 0 Å². The largest absolute Gasteiger partial charge is 0.487 e. The number of carbonyl (C=O) groups is 1. The number of aryl methyl sites for hydroxylation is 1. The normalized spacial score (nSPS) is 10.8. The summed E-state index contributed by atoms with van der Waals surface area (Å²) in [5.41, 5.74) is 2.35. The molecule has 0 saturated heterocycles. The molecule has 8 heteroatoms. The number of carbonyl (C=O) groups excluding carboxylic acids is 1. The summed E-state index contributed by atoms with van der Waals surface area (Å²) in [5.74, 6) is 0.909. The molecule has 0 radical (unpaired) electrons. The molecule has 2 heterocycles. The lowest BCUT2D eigenvalue weighted by Gasteiger charge is -2.08. The van der Waals surface area contributed by atoms with Crippen molar-refractivity contribution >= 4 is 39.7 Å². The first-order valence-corrected chi connectivity index (χ1v) is 11.1. The van der Waals surface area contributed by atoms with Gasteiger partial charge < -0.3 is 10.1 Å². The van der Waals surface area contributed by atoms with Crippen molar-refractivity contribution in [3.63, 3.8) is 0 Å². The summed E-state index contributed by atoms with van der Waals surface area (Å²) in [6, 6.07) is 16.7. The lowest BCUT2D eigenvalue weighted by molar-refractivity contribution is -0.113. The first-order chi connectivity index (χ1) is 14.6. The van der Waals surface area contributed by atoms with E-state index in [-0.39, 0.29) is 18.1 Å². The highest BCUT2D eigenvalue weighted by molar-refractivity contribution is 8.00. The van der Waals surface area contributed by atoms with Crippen LogP contribution in [0.2, 0.25) is 0 Å². The molecular formula is C22H19N3O3S2. The Bertz CT molecular complexity index is 1220. The summed E-state index contributed by atoms with van der Waals surface area (Å²) in [7, 11) is 0. The number of aromatic nitrogens is 2. The number of hydrogen-bond acceptors (Lipinski definition) is 6. The zero-order valence-electron chi connectivity index (χ0n) is 16.2. The number of benzene rings is 2. The molecule has 4 rings (SSSR count).